The number of rotatable bonds is 4. The molecule has 0 unspecified atom stereocenters. The van der Waals surface area contributed by atoms with Crippen LogP contribution in [0.2, 0.25) is 0 Å². The molecule has 14 heteroatoms. The Morgan fingerprint density at radius 1 is 1.11 bits per heavy atom. The molecule has 4 rings (SSSR count). The quantitative estimate of drug-likeness (QED) is 0.421. The number of hydrogen-bond donors (Lipinski definition) is 2. The van der Waals surface area contributed by atoms with Crippen LogP contribution in [0.4, 0.5) is 39.9 Å². The molecule has 1 amide bonds. The van der Waals surface area contributed by atoms with Crippen molar-refractivity contribution in [2.75, 3.05) is 13.1 Å². The summed E-state index contributed by atoms with van der Waals surface area (Å²) in [6.07, 6.45) is -9.30. The number of amidine groups is 1. The SMILES string of the molecule is O=C1NC(=N[C@@H]2CC(F)(F)CC[C@H]2O)/C(=C/C2CCN(Cc3ccc(C(F)(F)F)cc3C(F)(F)F)CC2)S1. The van der Waals surface area contributed by atoms with Crippen LogP contribution in [0.5, 0.6) is 0 Å². The van der Waals surface area contributed by atoms with E-state index < -0.39 is 59.6 Å². The van der Waals surface area contributed by atoms with Gasteiger partial charge in [-0.05, 0) is 67.7 Å². The van der Waals surface area contributed by atoms with Crippen LogP contribution in [-0.4, -0.2) is 52.2 Å². The number of likely N-dealkylation sites (tertiary alicyclic amines) is 1. The summed E-state index contributed by atoms with van der Waals surface area (Å²) in [5.74, 6) is -2.93. The number of hydrogen-bond acceptors (Lipinski definition) is 5. The molecule has 2 heterocycles. The molecule has 1 saturated carbocycles. The molecule has 210 valence electrons. The summed E-state index contributed by atoms with van der Waals surface area (Å²) in [5, 5.41) is 12.2. The minimum absolute atomic E-state index is 0.0842. The van der Waals surface area contributed by atoms with Crippen molar-refractivity contribution >= 4 is 22.8 Å². The van der Waals surface area contributed by atoms with Crippen LogP contribution in [0.3, 0.4) is 0 Å². The van der Waals surface area contributed by atoms with Gasteiger partial charge < -0.3 is 10.4 Å². The zero-order valence-electron chi connectivity index (χ0n) is 19.9. The van der Waals surface area contributed by atoms with E-state index in [1.807, 2.05) is 0 Å². The largest absolute Gasteiger partial charge is 0.416 e. The van der Waals surface area contributed by atoms with E-state index in [2.05, 4.69) is 10.3 Å². The monoisotopic (exact) mass is 571 g/mol. The predicted octanol–water partition coefficient (Wildman–Crippen LogP) is 6.22. The van der Waals surface area contributed by atoms with Crippen molar-refractivity contribution < 1.29 is 45.0 Å². The number of nitrogens with one attached hydrogen (secondary N) is 1. The van der Waals surface area contributed by atoms with Gasteiger partial charge in [0.25, 0.3) is 5.24 Å². The summed E-state index contributed by atoms with van der Waals surface area (Å²) in [5.41, 5.74) is -2.93. The number of aliphatic imine (C=N–C) groups is 1. The Balaban J connectivity index is 1.42. The molecule has 2 N–H and O–H groups in total. The molecule has 38 heavy (non-hydrogen) atoms. The number of aliphatic hydroxyl groups excluding tert-OH is 1. The Morgan fingerprint density at radius 2 is 1.79 bits per heavy atom. The minimum atomic E-state index is -4.94. The van der Waals surface area contributed by atoms with Gasteiger partial charge in [0.15, 0.2) is 0 Å². The molecule has 2 atom stereocenters. The number of amides is 1. The third kappa shape index (κ3) is 7.06. The van der Waals surface area contributed by atoms with Gasteiger partial charge in [0.2, 0.25) is 5.92 Å². The van der Waals surface area contributed by atoms with Gasteiger partial charge in [-0.2, -0.15) is 26.3 Å². The average molecular weight is 572 g/mol. The number of carbonyl (C=O) groups excluding carboxylic acids is 1. The van der Waals surface area contributed by atoms with Crippen LogP contribution in [0.1, 0.15) is 48.8 Å². The van der Waals surface area contributed by atoms with E-state index in [1.54, 1.807) is 11.0 Å². The molecule has 0 aromatic heterocycles. The topological polar surface area (TPSA) is 64.9 Å². The van der Waals surface area contributed by atoms with Crippen molar-refractivity contribution in [3.8, 4) is 0 Å². The molecule has 1 aliphatic carbocycles. The molecule has 2 saturated heterocycles. The molecular formula is C24H25F8N3O2S. The second kappa shape index (κ2) is 10.8. The van der Waals surface area contributed by atoms with E-state index in [9.17, 15) is 45.0 Å². The van der Waals surface area contributed by atoms with E-state index >= 15 is 0 Å². The summed E-state index contributed by atoms with van der Waals surface area (Å²) in [6.45, 7) is 0.545. The Hall–Kier alpha value is -2.19. The maximum Gasteiger partial charge on any atom is 0.416 e. The van der Waals surface area contributed by atoms with Gasteiger partial charge in [-0.25, -0.2) is 8.78 Å². The third-order valence-corrected chi connectivity index (χ3v) is 7.70. The number of carbonyl (C=O) groups is 1. The van der Waals surface area contributed by atoms with Crippen molar-refractivity contribution in [1.82, 2.24) is 10.2 Å². The normalized spacial score (nSPS) is 27.8. The number of halogens is 8. The van der Waals surface area contributed by atoms with Crippen molar-refractivity contribution in [3.05, 3.63) is 45.9 Å². The molecule has 3 aliphatic rings. The van der Waals surface area contributed by atoms with Gasteiger partial charge in [0, 0.05) is 19.4 Å². The fraction of sp³-hybridized carbons (Fsp3) is 0.583. The molecule has 2 aliphatic heterocycles. The van der Waals surface area contributed by atoms with Crippen LogP contribution in [0.15, 0.2) is 34.2 Å². The maximum atomic E-state index is 13.8. The summed E-state index contributed by atoms with van der Waals surface area (Å²) in [6, 6.07) is 0.569. The molecule has 1 aromatic rings. The molecule has 0 radical (unpaired) electrons. The highest BCUT2D eigenvalue weighted by atomic mass is 32.2. The second-order valence-electron chi connectivity index (χ2n) is 9.74. The zero-order chi connectivity index (χ0) is 27.9. The Morgan fingerprint density at radius 3 is 2.42 bits per heavy atom. The minimum Gasteiger partial charge on any atom is -0.391 e. The van der Waals surface area contributed by atoms with Gasteiger partial charge >= 0.3 is 12.4 Å². The predicted molar refractivity (Wildman–Crippen MR) is 125 cm³/mol. The summed E-state index contributed by atoms with van der Waals surface area (Å²) < 4.78 is 107. The van der Waals surface area contributed by atoms with Crippen LogP contribution in [0.25, 0.3) is 0 Å². The fourth-order valence-corrected chi connectivity index (χ4v) is 5.63. The van der Waals surface area contributed by atoms with Gasteiger partial charge in [0.1, 0.15) is 5.84 Å². The molecule has 3 fully saturated rings. The standard InChI is InChI=1S/C24H25F8N3O2S/c25-22(26)6-3-18(36)17(11-22)33-20-19(38-21(37)34-20)9-13-4-7-35(8-5-13)12-14-1-2-15(23(27,28)29)10-16(14)24(30,31)32/h1-2,9-10,13,17-18,36H,3-8,11-12H2,(H,33,34,37)/b19-9-/t17-,18-/m1/s1. The highest BCUT2D eigenvalue weighted by Gasteiger charge is 2.42. The molecule has 1 aromatic carbocycles. The number of aliphatic hydroxyl groups is 1. The Kier molecular flexibility index (Phi) is 8.16. The number of benzene rings is 1. The highest BCUT2D eigenvalue weighted by Crippen LogP contribution is 2.39. The van der Waals surface area contributed by atoms with E-state index in [0.29, 0.717) is 36.9 Å². The first-order valence-electron chi connectivity index (χ1n) is 11.9. The highest BCUT2D eigenvalue weighted by molar-refractivity contribution is 8.18. The lowest BCUT2D eigenvalue weighted by atomic mass is 9.90. The summed E-state index contributed by atoms with van der Waals surface area (Å²) >= 11 is 0.849. The second-order valence-corrected chi connectivity index (χ2v) is 10.8. The molecule has 0 spiro atoms. The smallest absolute Gasteiger partial charge is 0.391 e. The van der Waals surface area contributed by atoms with Gasteiger partial charge in [-0.1, -0.05) is 12.1 Å². The fourth-order valence-electron chi connectivity index (χ4n) is 4.82. The first kappa shape index (κ1) is 28.8. The Bertz CT molecular complexity index is 1110. The van der Waals surface area contributed by atoms with Crippen LogP contribution in [-0.2, 0) is 18.9 Å². The van der Waals surface area contributed by atoms with Gasteiger partial charge in [-0.15, -0.1) is 0 Å². The number of thioether (sulfide) groups is 1. The summed E-state index contributed by atoms with van der Waals surface area (Å²) in [4.78, 5) is 18.3. The Labute approximate surface area is 217 Å². The molecule has 0 bridgehead atoms. The van der Waals surface area contributed by atoms with E-state index in [-0.39, 0.29) is 36.3 Å². The number of nitrogens with zero attached hydrogens (tertiary/aromatic N) is 2. The van der Waals surface area contributed by atoms with Crippen molar-refractivity contribution in [2.24, 2.45) is 10.9 Å². The van der Waals surface area contributed by atoms with Crippen LogP contribution < -0.4 is 5.32 Å². The number of piperidine rings is 1. The molecule has 5 nitrogen and oxygen atoms in total. The van der Waals surface area contributed by atoms with Crippen LogP contribution in [0, 0.1) is 5.92 Å². The number of allylic oxidation sites excluding steroid dienone is 1. The lowest BCUT2D eigenvalue weighted by molar-refractivity contribution is -0.143. The molecular weight excluding hydrogens is 546 g/mol. The average Bonchev–Trinajstić information content (AvgIpc) is 3.14. The first-order valence-corrected chi connectivity index (χ1v) is 12.8. The lowest BCUT2D eigenvalue weighted by Crippen LogP contribution is -2.40. The van der Waals surface area contributed by atoms with E-state index in [4.69, 9.17) is 0 Å². The van der Waals surface area contributed by atoms with Crippen molar-refractivity contribution in [1.29, 1.82) is 0 Å². The van der Waals surface area contributed by atoms with E-state index in [1.165, 1.54) is 0 Å². The van der Waals surface area contributed by atoms with Crippen molar-refractivity contribution in [3.63, 3.8) is 0 Å². The summed E-state index contributed by atoms with van der Waals surface area (Å²) in [7, 11) is 0. The zero-order valence-corrected chi connectivity index (χ0v) is 20.7. The first-order chi connectivity index (χ1) is 17.6. The third-order valence-electron chi connectivity index (χ3n) is 6.87. The van der Waals surface area contributed by atoms with E-state index in [0.717, 1.165) is 17.8 Å². The number of alkyl halides is 8. The van der Waals surface area contributed by atoms with Crippen LogP contribution >= 0.6 is 11.8 Å². The maximum absolute atomic E-state index is 13.8. The van der Waals surface area contributed by atoms with Gasteiger partial charge in [-0.3, -0.25) is 14.7 Å². The van der Waals surface area contributed by atoms with Crippen molar-refractivity contribution in [2.45, 2.75) is 69.1 Å². The van der Waals surface area contributed by atoms with Gasteiger partial charge in [0.05, 0.1) is 28.2 Å². The lowest BCUT2D eigenvalue weighted by Gasteiger charge is -2.32.